The molecule has 0 bridgehead atoms. The van der Waals surface area contributed by atoms with E-state index in [0.717, 1.165) is 16.7 Å². The smallest absolute Gasteiger partial charge is 0.323 e. The highest BCUT2D eigenvalue weighted by molar-refractivity contribution is 5.89. The Kier molecular flexibility index (Phi) is 2.33. The van der Waals surface area contributed by atoms with Gasteiger partial charge in [0, 0.05) is 5.56 Å². The molecule has 0 saturated carbocycles. The number of hydrogen-bond acceptors (Lipinski definition) is 3. The number of hydrogen-bond donors (Lipinski definition) is 1. The van der Waals surface area contributed by atoms with E-state index in [0.29, 0.717) is 5.75 Å². The number of fused-ring (bicyclic) bond motifs is 1. The van der Waals surface area contributed by atoms with Gasteiger partial charge in [-0.15, -0.1) is 0 Å². The van der Waals surface area contributed by atoms with E-state index in [4.69, 9.17) is 4.74 Å². The molecule has 0 spiro atoms. The standard InChI is InChI=1S/C15H12O3/c1-9-2-4-10(5-3-9)14-12-8-11(16)6-7-13(12)18-15(14)17/h2-8,14,16H,1H3. The second-order valence-electron chi connectivity index (χ2n) is 4.49. The number of rotatable bonds is 1. The molecule has 0 amide bonds. The van der Waals surface area contributed by atoms with Crippen LogP contribution in [-0.4, -0.2) is 11.1 Å². The lowest BCUT2D eigenvalue weighted by Gasteiger charge is -2.08. The maximum absolute atomic E-state index is 11.9. The van der Waals surface area contributed by atoms with Crippen molar-refractivity contribution >= 4 is 5.97 Å². The minimum atomic E-state index is -0.437. The van der Waals surface area contributed by atoms with Crippen LogP contribution in [0.3, 0.4) is 0 Å². The lowest BCUT2D eigenvalue weighted by molar-refractivity contribution is -0.133. The molecule has 2 aromatic rings. The number of esters is 1. The van der Waals surface area contributed by atoms with Crippen LogP contribution in [0.15, 0.2) is 42.5 Å². The summed E-state index contributed by atoms with van der Waals surface area (Å²) < 4.78 is 5.21. The Morgan fingerprint density at radius 1 is 1.11 bits per heavy atom. The molecule has 1 aliphatic rings. The van der Waals surface area contributed by atoms with Gasteiger partial charge in [-0.1, -0.05) is 29.8 Å². The summed E-state index contributed by atoms with van der Waals surface area (Å²) >= 11 is 0. The van der Waals surface area contributed by atoms with Crippen molar-refractivity contribution in [3.63, 3.8) is 0 Å². The van der Waals surface area contributed by atoms with Crippen LogP contribution in [-0.2, 0) is 4.79 Å². The van der Waals surface area contributed by atoms with Crippen LogP contribution < -0.4 is 4.74 Å². The minimum Gasteiger partial charge on any atom is -0.508 e. The lowest BCUT2D eigenvalue weighted by atomic mass is 9.92. The number of aromatic hydroxyl groups is 1. The van der Waals surface area contributed by atoms with Gasteiger partial charge in [0.2, 0.25) is 0 Å². The van der Waals surface area contributed by atoms with E-state index in [1.165, 1.54) is 6.07 Å². The molecule has 0 fully saturated rings. The van der Waals surface area contributed by atoms with Gasteiger partial charge >= 0.3 is 5.97 Å². The Balaban J connectivity index is 2.11. The van der Waals surface area contributed by atoms with Crippen molar-refractivity contribution in [3.8, 4) is 11.5 Å². The molecule has 1 unspecified atom stereocenters. The average molecular weight is 240 g/mol. The fraction of sp³-hybridized carbons (Fsp3) is 0.133. The molecule has 2 aromatic carbocycles. The average Bonchev–Trinajstić information content (AvgIpc) is 2.66. The molecule has 0 aromatic heterocycles. The second-order valence-corrected chi connectivity index (χ2v) is 4.49. The number of ether oxygens (including phenoxy) is 1. The Morgan fingerprint density at radius 2 is 1.83 bits per heavy atom. The molecule has 90 valence electrons. The molecule has 1 atom stereocenters. The zero-order chi connectivity index (χ0) is 12.7. The summed E-state index contributed by atoms with van der Waals surface area (Å²) in [6.45, 7) is 2.00. The van der Waals surface area contributed by atoms with E-state index < -0.39 is 5.92 Å². The van der Waals surface area contributed by atoms with Gasteiger partial charge in [-0.05, 0) is 30.7 Å². The summed E-state index contributed by atoms with van der Waals surface area (Å²) in [7, 11) is 0. The lowest BCUT2D eigenvalue weighted by Crippen LogP contribution is -2.11. The first-order chi connectivity index (χ1) is 8.65. The normalized spacial score (nSPS) is 17.4. The molecule has 1 heterocycles. The van der Waals surface area contributed by atoms with Crippen LogP contribution in [0.1, 0.15) is 22.6 Å². The third-order valence-corrected chi connectivity index (χ3v) is 3.16. The first-order valence-electron chi connectivity index (χ1n) is 5.76. The van der Waals surface area contributed by atoms with E-state index in [2.05, 4.69) is 0 Å². The highest BCUT2D eigenvalue weighted by Gasteiger charge is 2.34. The third kappa shape index (κ3) is 1.64. The fourth-order valence-electron chi connectivity index (χ4n) is 2.22. The van der Waals surface area contributed by atoms with Crippen molar-refractivity contribution in [1.29, 1.82) is 0 Å². The molecule has 0 saturated heterocycles. The van der Waals surface area contributed by atoms with Gasteiger partial charge in [-0.3, -0.25) is 4.79 Å². The quantitative estimate of drug-likeness (QED) is 0.615. The fourth-order valence-corrected chi connectivity index (χ4v) is 2.22. The molecule has 0 radical (unpaired) electrons. The molecule has 3 rings (SSSR count). The van der Waals surface area contributed by atoms with E-state index in [-0.39, 0.29) is 11.7 Å². The van der Waals surface area contributed by atoms with Gasteiger partial charge < -0.3 is 9.84 Å². The van der Waals surface area contributed by atoms with Gasteiger partial charge in [-0.2, -0.15) is 0 Å². The Hall–Kier alpha value is -2.29. The maximum atomic E-state index is 11.9. The zero-order valence-corrected chi connectivity index (χ0v) is 9.88. The van der Waals surface area contributed by atoms with Gasteiger partial charge in [0.05, 0.1) is 0 Å². The SMILES string of the molecule is Cc1ccc(C2C(=O)Oc3ccc(O)cc32)cc1. The van der Waals surface area contributed by atoms with Crippen LogP contribution in [0, 0.1) is 6.92 Å². The maximum Gasteiger partial charge on any atom is 0.323 e. The summed E-state index contributed by atoms with van der Waals surface area (Å²) in [5.41, 5.74) is 2.75. The number of carbonyl (C=O) groups is 1. The highest BCUT2D eigenvalue weighted by atomic mass is 16.5. The first kappa shape index (κ1) is 10.8. The Labute approximate surface area is 105 Å². The van der Waals surface area contributed by atoms with E-state index in [1.54, 1.807) is 12.1 Å². The molecule has 18 heavy (non-hydrogen) atoms. The largest absolute Gasteiger partial charge is 0.508 e. The third-order valence-electron chi connectivity index (χ3n) is 3.16. The molecule has 0 aliphatic carbocycles. The number of phenolic OH excluding ortho intramolecular Hbond substituents is 1. The summed E-state index contributed by atoms with van der Waals surface area (Å²) in [5, 5.41) is 9.52. The summed E-state index contributed by atoms with van der Waals surface area (Å²) in [5.74, 6) is -0.0558. The van der Waals surface area contributed by atoms with Crippen LogP contribution in [0.4, 0.5) is 0 Å². The van der Waals surface area contributed by atoms with Gasteiger partial charge in [0.1, 0.15) is 17.4 Å². The number of phenols is 1. The van der Waals surface area contributed by atoms with Gasteiger partial charge in [-0.25, -0.2) is 0 Å². The van der Waals surface area contributed by atoms with Crippen molar-refractivity contribution in [1.82, 2.24) is 0 Å². The second kappa shape index (κ2) is 3.88. The van der Waals surface area contributed by atoms with Crippen LogP contribution in [0.5, 0.6) is 11.5 Å². The Morgan fingerprint density at radius 3 is 2.56 bits per heavy atom. The van der Waals surface area contributed by atoms with Crippen LogP contribution >= 0.6 is 0 Å². The van der Waals surface area contributed by atoms with E-state index in [1.807, 2.05) is 31.2 Å². The number of carbonyl (C=O) groups excluding carboxylic acids is 1. The predicted octanol–water partition coefficient (Wildman–Crippen LogP) is 2.75. The van der Waals surface area contributed by atoms with E-state index >= 15 is 0 Å². The van der Waals surface area contributed by atoms with Crippen molar-refractivity contribution in [2.45, 2.75) is 12.8 Å². The topological polar surface area (TPSA) is 46.5 Å². The molecular weight excluding hydrogens is 228 g/mol. The molecule has 1 N–H and O–H groups in total. The van der Waals surface area contributed by atoms with Crippen molar-refractivity contribution in [3.05, 3.63) is 59.2 Å². The molecule has 1 aliphatic heterocycles. The number of benzene rings is 2. The number of aryl methyl sites for hydroxylation is 1. The molecule has 3 nitrogen and oxygen atoms in total. The first-order valence-corrected chi connectivity index (χ1v) is 5.76. The summed E-state index contributed by atoms with van der Waals surface area (Å²) in [6, 6.07) is 12.5. The zero-order valence-electron chi connectivity index (χ0n) is 9.88. The molecule has 3 heteroatoms. The van der Waals surface area contributed by atoms with Gasteiger partial charge in [0.25, 0.3) is 0 Å². The van der Waals surface area contributed by atoms with Crippen LogP contribution in [0.25, 0.3) is 0 Å². The Bertz CT molecular complexity index is 614. The van der Waals surface area contributed by atoms with Crippen molar-refractivity contribution in [2.24, 2.45) is 0 Å². The van der Waals surface area contributed by atoms with Crippen LogP contribution in [0.2, 0.25) is 0 Å². The van der Waals surface area contributed by atoms with E-state index in [9.17, 15) is 9.90 Å². The predicted molar refractivity (Wildman–Crippen MR) is 66.8 cm³/mol. The summed E-state index contributed by atoms with van der Waals surface area (Å²) in [4.78, 5) is 11.9. The summed E-state index contributed by atoms with van der Waals surface area (Å²) in [6.07, 6.45) is 0. The highest BCUT2D eigenvalue weighted by Crippen LogP contribution is 2.40. The molecular formula is C15H12O3. The van der Waals surface area contributed by atoms with Gasteiger partial charge in [0.15, 0.2) is 0 Å². The van der Waals surface area contributed by atoms with Crippen molar-refractivity contribution < 1.29 is 14.6 Å². The monoisotopic (exact) mass is 240 g/mol. The minimum absolute atomic E-state index is 0.143. The van der Waals surface area contributed by atoms with Crippen molar-refractivity contribution in [2.75, 3.05) is 0 Å².